The molecule has 0 aliphatic carbocycles. The number of fused-ring (bicyclic) bond motifs is 1. The summed E-state index contributed by atoms with van der Waals surface area (Å²) >= 11 is 0. The first-order valence-corrected chi connectivity index (χ1v) is 7.95. The van der Waals surface area contributed by atoms with Gasteiger partial charge in [-0.05, 0) is 64.8 Å². The van der Waals surface area contributed by atoms with Gasteiger partial charge in [0.15, 0.2) is 0 Å². The van der Waals surface area contributed by atoms with Crippen LogP contribution in [0.25, 0.3) is 0 Å². The van der Waals surface area contributed by atoms with E-state index in [0.29, 0.717) is 6.04 Å². The third-order valence-electron chi connectivity index (χ3n) is 4.34. The molecule has 1 atom stereocenters. The van der Waals surface area contributed by atoms with Crippen LogP contribution in [0.4, 0.5) is 0 Å². The van der Waals surface area contributed by atoms with Crippen LogP contribution >= 0.6 is 0 Å². The second-order valence-electron chi connectivity index (χ2n) is 6.30. The largest absolute Gasteiger partial charge is 0.315 e. The molecule has 18 heavy (non-hydrogen) atoms. The van der Waals surface area contributed by atoms with Crippen LogP contribution in [0.2, 0.25) is 0 Å². The highest BCUT2D eigenvalue weighted by Crippen LogP contribution is 2.21. The lowest BCUT2D eigenvalue weighted by atomic mass is 10.2. The molecule has 3 heteroatoms. The Morgan fingerprint density at radius 3 is 2.78 bits per heavy atom. The number of hydrogen-bond acceptors (Lipinski definition) is 3. The molecule has 0 amide bonds. The van der Waals surface area contributed by atoms with Gasteiger partial charge in [-0.2, -0.15) is 0 Å². The number of nitrogens with one attached hydrogen (secondary N) is 1. The van der Waals surface area contributed by atoms with E-state index in [-0.39, 0.29) is 0 Å². The van der Waals surface area contributed by atoms with Crippen LogP contribution in [0.15, 0.2) is 0 Å². The molecule has 1 unspecified atom stereocenters. The molecule has 2 heterocycles. The summed E-state index contributed by atoms with van der Waals surface area (Å²) in [5, 5.41) is 3.51. The fourth-order valence-electron chi connectivity index (χ4n) is 3.34. The maximum atomic E-state index is 3.51. The van der Waals surface area contributed by atoms with Gasteiger partial charge in [-0.3, -0.25) is 4.90 Å². The van der Waals surface area contributed by atoms with E-state index in [1.165, 1.54) is 71.4 Å². The smallest absolute Gasteiger partial charge is 0.0223 e. The van der Waals surface area contributed by atoms with Crippen molar-refractivity contribution in [3.63, 3.8) is 0 Å². The molecule has 3 nitrogen and oxygen atoms in total. The van der Waals surface area contributed by atoms with E-state index >= 15 is 0 Å². The highest BCUT2D eigenvalue weighted by Gasteiger charge is 2.28. The fourth-order valence-corrected chi connectivity index (χ4v) is 3.34. The summed E-state index contributed by atoms with van der Waals surface area (Å²) in [6.07, 6.45) is 6.92. The van der Waals surface area contributed by atoms with Crippen LogP contribution in [0.3, 0.4) is 0 Å². The zero-order valence-electron chi connectivity index (χ0n) is 12.3. The molecule has 0 spiro atoms. The predicted molar refractivity (Wildman–Crippen MR) is 78.0 cm³/mol. The molecule has 0 bridgehead atoms. The Bertz CT molecular complexity index is 230. The summed E-state index contributed by atoms with van der Waals surface area (Å²) in [7, 11) is 0. The molecule has 2 aliphatic heterocycles. The topological polar surface area (TPSA) is 18.5 Å². The van der Waals surface area contributed by atoms with E-state index in [4.69, 9.17) is 0 Å². The van der Waals surface area contributed by atoms with Crippen molar-refractivity contribution in [2.45, 2.75) is 58.0 Å². The Morgan fingerprint density at radius 1 is 1.11 bits per heavy atom. The normalized spacial score (nSPS) is 26.5. The standard InChI is InChI=1S/C15H31N3/c1-14(2)16-8-3-4-9-17-10-6-12-18-11-5-7-15(18)13-17/h14-16H,3-13H2,1-2H3. The van der Waals surface area contributed by atoms with Gasteiger partial charge in [0.2, 0.25) is 0 Å². The lowest BCUT2D eigenvalue weighted by Gasteiger charge is -2.25. The van der Waals surface area contributed by atoms with Crippen molar-refractivity contribution in [3.05, 3.63) is 0 Å². The minimum atomic E-state index is 0.634. The van der Waals surface area contributed by atoms with Gasteiger partial charge >= 0.3 is 0 Å². The van der Waals surface area contributed by atoms with Crippen LogP contribution in [-0.4, -0.2) is 61.2 Å². The third-order valence-corrected chi connectivity index (χ3v) is 4.34. The molecule has 2 fully saturated rings. The quantitative estimate of drug-likeness (QED) is 0.730. The minimum absolute atomic E-state index is 0.634. The molecule has 0 aromatic carbocycles. The minimum Gasteiger partial charge on any atom is -0.315 e. The highest BCUT2D eigenvalue weighted by molar-refractivity contribution is 4.84. The molecule has 106 valence electrons. The highest BCUT2D eigenvalue weighted by atomic mass is 15.3. The van der Waals surface area contributed by atoms with Crippen LogP contribution < -0.4 is 5.32 Å². The summed E-state index contributed by atoms with van der Waals surface area (Å²) in [6, 6.07) is 1.51. The van der Waals surface area contributed by atoms with Crippen molar-refractivity contribution in [1.29, 1.82) is 0 Å². The lowest BCUT2D eigenvalue weighted by molar-refractivity contribution is 0.217. The summed E-state index contributed by atoms with van der Waals surface area (Å²) in [5.74, 6) is 0. The zero-order valence-corrected chi connectivity index (χ0v) is 12.3. The molecule has 2 aliphatic rings. The van der Waals surface area contributed by atoms with Crippen LogP contribution in [-0.2, 0) is 0 Å². The van der Waals surface area contributed by atoms with Crippen LogP contribution in [0.5, 0.6) is 0 Å². The van der Waals surface area contributed by atoms with Gasteiger partial charge in [0.05, 0.1) is 0 Å². The van der Waals surface area contributed by atoms with Crippen molar-refractivity contribution < 1.29 is 0 Å². The van der Waals surface area contributed by atoms with Gasteiger partial charge in [0.25, 0.3) is 0 Å². The summed E-state index contributed by atoms with van der Waals surface area (Å²) in [6.45, 7) is 12.3. The lowest BCUT2D eigenvalue weighted by Crippen LogP contribution is -2.37. The maximum absolute atomic E-state index is 3.51. The first-order valence-electron chi connectivity index (χ1n) is 7.95. The monoisotopic (exact) mass is 253 g/mol. The van der Waals surface area contributed by atoms with Gasteiger partial charge in [-0.1, -0.05) is 13.8 Å². The predicted octanol–water partition coefficient (Wildman–Crippen LogP) is 1.93. The summed E-state index contributed by atoms with van der Waals surface area (Å²) in [5.41, 5.74) is 0. The average molecular weight is 253 g/mol. The van der Waals surface area contributed by atoms with Gasteiger partial charge in [-0.15, -0.1) is 0 Å². The first-order chi connectivity index (χ1) is 8.75. The van der Waals surface area contributed by atoms with Crippen molar-refractivity contribution >= 4 is 0 Å². The Kier molecular flexibility index (Phi) is 5.93. The van der Waals surface area contributed by atoms with Gasteiger partial charge in [-0.25, -0.2) is 0 Å². The molecule has 0 radical (unpaired) electrons. The second kappa shape index (κ2) is 7.46. The van der Waals surface area contributed by atoms with E-state index in [1.54, 1.807) is 0 Å². The Hall–Kier alpha value is -0.120. The van der Waals surface area contributed by atoms with Gasteiger partial charge in [0, 0.05) is 18.6 Å². The molecule has 2 saturated heterocycles. The molecule has 0 aromatic rings. The number of unbranched alkanes of at least 4 members (excludes halogenated alkanes) is 1. The van der Waals surface area contributed by atoms with Gasteiger partial charge in [0.1, 0.15) is 0 Å². The molecule has 0 aromatic heterocycles. The van der Waals surface area contributed by atoms with Crippen molar-refractivity contribution in [2.24, 2.45) is 0 Å². The van der Waals surface area contributed by atoms with Crippen molar-refractivity contribution in [3.8, 4) is 0 Å². The van der Waals surface area contributed by atoms with E-state index < -0.39 is 0 Å². The molecule has 0 saturated carbocycles. The number of hydrogen-bond donors (Lipinski definition) is 1. The fraction of sp³-hybridized carbons (Fsp3) is 1.00. The molecule has 1 N–H and O–H groups in total. The third kappa shape index (κ3) is 4.52. The van der Waals surface area contributed by atoms with Crippen molar-refractivity contribution in [2.75, 3.05) is 39.3 Å². The Balaban J connectivity index is 1.60. The second-order valence-corrected chi connectivity index (χ2v) is 6.30. The molecule has 2 rings (SSSR count). The number of rotatable bonds is 6. The first kappa shape index (κ1) is 14.3. The van der Waals surface area contributed by atoms with E-state index in [9.17, 15) is 0 Å². The van der Waals surface area contributed by atoms with E-state index in [0.717, 1.165) is 6.04 Å². The average Bonchev–Trinajstić information content (AvgIpc) is 2.67. The number of nitrogens with zero attached hydrogens (tertiary/aromatic N) is 2. The van der Waals surface area contributed by atoms with E-state index in [1.807, 2.05) is 0 Å². The van der Waals surface area contributed by atoms with Gasteiger partial charge < -0.3 is 10.2 Å². The van der Waals surface area contributed by atoms with Crippen LogP contribution in [0, 0.1) is 0 Å². The molecular formula is C15H31N3. The molecular weight excluding hydrogens is 222 g/mol. The zero-order chi connectivity index (χ0) is 12.8. The Labute approximate surface area is 113 Å². The SMILES string of the molecule is CC(C)NCCCCN1CCCN2CCCC2C1. The van der Waals surface area contributed by atoms with Crippen LogP contribution in [0.1, 0.15) is 46.0 Å². The Morgan fingerprint density at radius 2 is 1.94 bits per heavy atom. The maximum Gasteiger partial charge on any atom is 0.0223 e. The summed E-state index contributed by atoms with van der Waals surface area (Å²) in [4.78, 5) is 5.44. The summed E-state index contributed by atoms with van der Waals surface area (Å²) < 4.78 is 0. The van der Waals surface area contributed by atoms with Crippen molar-refractivity contribution in [1.82, 2.24) is 15.1 Å². The van der Waals surface area contributed by atoms with E-state index in [2.05, 4.69) is 29.0 Å².